The fourth-order valence-corrected chi connectivity index (χ4v) is 5.05. The maximum atomic E-state index is 6.10. The van der Waals surface area contributed by atoms with Gasteiger partial charge in [-0.2, -0.15) is 5.10 Å². The third-order valence-electron chi connectivity index (χ3n) is 6.36. The number of aromatic nitrogens is 2. The number of anilines is 1. The van der Waals surface area contributed by atoms with E-state index in [1.54, 1.807) is 6.20 Å². The van der Waals surface area contributed by atoms with Crippen LogP contribution in [0.2, 0.25) is 0 Å². The molecule has 2 unspecified atom stereocenters. The maximum absolute atomic E-state index is 6.10. The molecular formula is C23H24N4O. The second kappa shape index (κ2) is 6.38. The van der Waals surface area contributed by atoms with E-state index in [4.69, 9.17) is 4.74 Å². The first-order valence-corrected chi connectivity index (χ1v) is 10.2. The van der Waals surface area contributed by atoms with E-state index >= 15 is 0 Å². The molecule has 0 saturated carbocycles. The van der Waals surface area contributed by atoms with Crippen LogP contribution in [-0.4, -0.2) is 27.9 Å². The molecule has 2 aromatic carbocycles. The van der Waals surface area contributed by atoms with Gasteiger partial charge in [0.2, 0.25) is 0 Å². The molecule has 0 aliphatic carbocycles. The van der Waals surface area contributed by atoms with Crippen LogP contribution in [0.5, 0.6) is 5.75 Å². The lowest BCUT2D eigenvalue weighted by Gasteiger charge is -2.31. The first-order valence-electron chi connectivity index (χ1n) is 10.2. The van der Waals surface area contributed by atoms with Gasteiger partial charge in [-0.3, -0.25) is 0 Å². The number of benzene rings is 2. The van der Waals surface area contributed by atoms with Crippen LogP contribution >= 0.6 is 0 Å². The molecule has 142 valence electrons. The zero-order chi connectivity index (χ0) is 18.5. The van der Waals surface area contributed by atoms with E-state index in [2.05, 4.69) is 52.1 Å². The summed E-state index contributed by atoms with van der Waals surface area (Å²) >= 11 is 0. The van der Waals surface area contributed by atoms with Crippen LogP contribution in [0.25, 0.3) is 16.8 Å². The minimum atomic E-state index is 0.574. The molecule has 3 aromatic rings. The Hall–Kier alpha value is -2.79. The first-order chi connectivity index (χ1) is 13.8. The predicted octanol–water partition coefficient (Wildman–Crippen LogP) is 4.13. The summed E-state index contributed by atoms with van der Waals surface area (Å²) in [5.41, 5.74) is 5.91. The van der Waals surface area contributed by atoms with Gasteiger partial charge in [-0.05, 0) is 67.1 Å². The van der Waals surface area contributed by atoms with Crippen LogP contribution < -0.4 is 15.4 Å². The summed E-state index contributed by atoms with van der Waals surface area (Å²) in [5.74, 6) is 0.927. The summed E-state index contributed by atoms with van der Waals surface area (Å²) in [5, 5.41) is 11.8. The molecule has 2 atom stereocenters. The fourth-order valence-electron chi connectivity index (χ4n) is 5.05. The van der Waals surface area contributed by atoms with Gasteiger partial charge in [0, 0.05) is 47.8 Å². The first kappa shape index (κ1) is 16.2. The van der Waals surface area contributed by atoms with Gasteiger partial charge in [-0.1, -0.05) is 6.07 Å². The highest BCUT2D eigenvalue weighted by Gasteiger charge is 2.33. The normalized spacial score (nSPS) is 24.9. The summed E-state index contributed by atoms with van der Waals surface area (Å²) in [6, 6.07) is 16.9. The van der Waals surface area contributed by atoms with Gasteiger partial charge in [0.15, 0.2) is 0 Å². The molecule has 3 aliphatic heterocycles. The minimum absolute atomic E-state index is 0.574. The predicted molar refractivity (Wildman–Crippen MR) is 110 cm³/mol. The molecule has 3 aliphatic rings. The molecule has 0 spiro atoms. The topological polar surface area (TPSA) is 51.1 Å². The fraction of sp³-hybridized carbons (Fsp3) is 0.348. The van der Waals surface area contributed by atoms with Crippen molar-refractivity contribution in [3.05, 3.63) is 60.4 Å². The van der Waals surface area contributed by atoms with Crippen LogP contribution in [0.15, 0.2) is 54.9 Å². The van der Waals surface area contributed by atoms with Crippen molar-refractivity contribution >= 4 is 5.69 Å². The maximum Gasteiger partial charge on any atom is 0.129 e. The van der Waals surface area contributed by atoms with E-state index < -0.39 is 0 Å². The summed E-state index contributed by atoms with van der Waals surface area (Å²) < 4.78 is 7.96. The zero-order valence-corrected chi connectivity index (χ0v) is 15.8. The molecule has 0 amide bonds. The molecule has 2 fully saturated rings. The van der Waals surface area contributed by atoms with E-state index in [9.17, 15) is 0 Å². The molecule has 0 radical (unpaired) electrons. The molecule has 2 bridgehead atoms. The lowest BCUT2D eigenvalue weighted by Crippen LogP contribution is -2.43. The van der Waals surface area contributed by atoms with Gasteiger partial charge < -0.3 is 15.4 Å². The lowest BCUT2D eigenvalue weighted by atomic mass is 9.95. The summed E-state index contributed by atoms with van der Waals surface area (Å²) in [6.45, 7) is 0.609. The Kier molecular flexibility index (Phi) is 3.69. The van der Waals surface area contributed by atoms with Crippen LogP contribution in [0.1, 0.15) is 31.2 Å². The Morgan fingerprint density at radius 3 is 2.71 bits per heavy atom. The number of piperidine rings is 1. The highest BCUT2D eigenvalue weighted by atomic mass is 16.5. The Labute approximate surface area is 164 Å². The van der Waals surface area contributed by atoms with Crippen molar-refractivity contribution in [2.75, 3.05) is 5.32 Å². The number of nitrogens with zero attached hydrogens (tertiary/aromatic N) is 2. The van der Waals surface area contributed by atoms with Crippen LogP contribution in [0, 0.1) is 0 Å². The number of hydrogen-bond donors (Lipinski definition) is 2. The number of hydrogen-bond acceptors (Lipinski definition) is 4. The van der Waals surface area contributed by atoms with Crippen molar-refractivity contribution in [1.82, 2.24) is 15.1 Å². The Morgan fingerprint density at radius 2 is 1.89 bits per heavy atom. The Morgan fingerprint density at radius 1 is 1.04 bits per heavy atom. The van der Waals surface area contributed by atoms with Crippen molar-refractivity contribution in [2.45, 2.75) is 50.4 Å². The quantitative estimate of drug-likeness (QED) is 0.726. The highest BCUT2D eigenvalue weighted by molar-refractivity contribution is 5.78. The third-order valence-corrected chi connectivity index (χ3v) is 6.36. The second-order valence-electron chi connectivity index (χ2n) is 8.24. The number of nitrogens with one attached hydrogen (secondary N) is 2. The molecule has 1 aromatic heterocycles. The largest absolute Gasteiger partial charge is 0.488 e. The standard InChI is InChI=1S/C23H24N4O/c1-8-24-27(9-1)20-5-7-22-21-6-4-16(10-15(21)14-28-23(22)13-20)26-19-11-17-2-3-18(12-19)25-17/h1,4-10,13,17-19,25-26H,2-3,11-12,14H2. The second-order valence-corrected chi connectivity index (χ2v) is 8.24. The van der Waals surface area contributed by atoms with Crippen molar-refractivity contribution < 1.29 is 4.74 Å². The van der Waals surface area contributed by atoms with Gasteiger partial charge in [0.1, 0.15) is 12.4 Å². The van der Waals surface area contributed by atoms with Crippen LogP contribution in [0.3, 0.4) is 0 Å². The summed E-state index contributed by atoms with van der Waals surface area (Å²) in [7, 11) is 0. The molecule has 5 nitrogen and oxygen atoms in total. The smallest absolute Gasteiger partial charge is 0.129 e. The van der Waals surface area contributed by atoms with E-state index in [0.717, 1.165) is 17.0 Å². The monoisotopic (exact) mass is 372 g/mol. The van der Waals surface area contributed by atoms with E-state index in [0.29, 0.717) is 24.7 Å². The van der Waals surface area contributed by atoms with E-state index in [1.165, 1.54) is 42.5 Å². The van der Waals surface area contributed by atoms with Crippen molar-refractivity contribution in [2.24, 2.45) is 0 Å². The summed E-state index contributed by atoms with van der Waals surface area (Å²) in [6.07, 6.45) is 8.85. The average Bonchev–Trinajstić information content (AvgIpc) is 3.37. The van der Waals surface area contributed by atoms with Gasteiger partial charge in [-0.15, -0.1) is 0 Å². The number of ether oxygens (including phenoxy) is 1. The molecule has 5 heteroatoms. The molecule has 4 heterocycles. The van der Waals surface area contributed by atoms with E-state index in [1.807, 2.05) is 16.9 Å². The van der Waals surface area contributed by atoms with Crippen molar-refractivity contribution in [3.63, 3.8) is 0 Å². The van der Waals surface area contributed by atoms with Gasteiger partial charge >= 0.3 is 0 Å². The van der Waals surface area contributed by atoms with Gasteiger partial charge in [0.25, 0.3) is 0 Å². The Balaban J connectivity index is 1.26. The van der Waals surface area contributed by atoms with Crippen molar-refractivity contribution in [3.8, 4) is 22.6 Å². The lowest BCUT2D eigenvalue weighted by molar-refractivity contribution is 0.302. The number of fused-ring (bicyclic) bond motifs is 5. The molecule has 28 heavy (non-hydrogen) atoms. The highest BCUT2D eigenvalue weighted by Crippen LogP contribution is 2.40. The minimum Gasteiger partial charge on any atom is -0.488 e. The SMILES string of the molecule is c1cnn(-c2ccc3c(c2)OCc2cc(NC4CC5CCC(C4)N5)ccc2-3)c1. The van der Waals surface area contributed by atoms with E-state index in [-0.39, 0.29) is 0 Å². The molecule has 6 rings (SSSR count). The molecular weight excluding hydrogens is 348 g/mol. The van der Waals surface area contributed by atoms with Crippen LogP contribution in [0.4, 0.5) is 5.69 Å². The van der Waals surface area contributed by atoms with Crippen molar-refractivity contribution in [1.29, 1.82) is 0 Å². The van der Waals surface area contributed by atoms with Gasteiger partial charge in [0.05, 0.1) is 5.69 Å². The van der Waals surface area contributed by atoms with Gasteiger partial charge in [-0.25, -0.2) is 4.68 Å². The number of rotatable bonds is 3. The van der Waals surface area contributed by atoms with Crippen LogP contribution in [-0.2, 0) is 6.61 Å². The Bertz CT molecular complexity index is 1000. The average molecular weight is 372 g/mol. The molecule has 2 N–H and O–H groups in total. The molecule has 2 saturated heterocycles. The zero-order valence-electron chi connectivity index (χ0n) is 15.8. The third kappa shape index (κ3) is 2.78. The summed E-state index contributed by atoms with van der Waals surface area (Å²) in [4.78, 5) is 0.